The number of fused-ring (bicyclic) bond motifs is 1. The second-order valence-corrected chi connectivity index (χ2v) is 7.55. The minimum atomic E-state index is -0.454. The fourth-order valence-electron chi connectivity index (χ4n) is 3.46. The second-order valence-electron chi connectivity index (χ2n) is 7.55. The highest BCUT2D eigenvalue weighted by Gasteiger charge is 2.25. The largest absolute Gasteiger partial charge is 0.349 e. The predicted molar refractivity (Wildman–Crippen MR) is 110 cm³/mol. The van der Waals surface area contributed by atoms with Crippen molar-refractivity contribution in [3.63, 3.8) is 0 Å². The van der Waals surface area contributed by atoms with Crippen LogP contribution in [0.4, 0.5) is 8.78 Å². The maximum absolute atomic E-state index is 14.6. The molecule has 0 spiro atoms. The van der Waals surface area contributed by atoms with Gasteiger partial charge in [-0.15, -0.1) is 0 Å². The average molecular weight is 404 g/mol. The molecule has 2 aromatic heterocycles. The summed E-state index contributed by atoms with van der Waals surface area (Å²) < 4.78 is 27.8. The molecular formula is C23H18F2N4O. The molecule has 1 amide bonds. The molecule has 2 heterocycles. The number of pyridine rings is 1. The van der Waals surface area contributed by atoms with Crippen LogP contribution in [0.2, 0.25) is 0 Å². The third-order valence-corrected chi connectivity index (χ3v) is 5.35. The zero-order valence-corrected chi connectivity index (χ0v) is 16.2. The van der Waals surface area contributed by atoms with Crippen LogP contribution >= 0.6 is 0 Å². The van der Waals surface area contributed by atoms with Crippen LogP contribution in [0.5, 0.6) is 0 Å². The van der Waals surface area contributed by atoms with Crippen molar-refractivity contribution in [3.05, 3.63) is 71.3 Å². The van der Waals surface area contributed by atoms with E-state index >= 15 is 0 Å². The summed E-state index contributed by atoms with van der Waals surface area (Å²) in [6, 6.07) is 12.8. The Morgan fingerprint density at radius 3 is 2.60 bits per heavy atom. The predicted octanol–water partition coefficient (Wildman–Crippen LogP) is 4.77. The molecule has 0 aliphatic heterocycles. The molecule has 0 saturated heterocycles. The Morgan fingerprint density at radius 1 is 1.10 bits per heavy atom. The van der Waals surface area contributed by atoms with Gasteiger partial charge in [0.15, 0.2) is 5.65 Å². The van der Waals surface area contributed by atoms with Crippen LogP contribution in [0.15, 0.2) is 48.5 Å². The van der Waals surface area contributed by atoms with Gasteiger partial charge in [-0.25, -0.2) is 13.8 Å². The summed E-state index contributed by atoms with van der Waals surface area (Å²) in [7, 11) is 0. The van der Waals surface area contributed by atoms with Crippen LogP contribution in [0.1, 0.15) is 28.8 Å². The lowest BCUT2D eigenvalue weighted by Gasteiger charge is -2.10. The molecular weight excluding hydrogens is 386 g/mol. The number of H-pyrrole nitrogens is 1. The van der Waals surface area contributed by atoms with Gasteiger partial charge < -0.3 is 5.32 Å². The first kappa shape index (κ1) is 18.4. The molecule has 5 rings (SSSR count). The van der Waals surface area contributed by atoms with Gasteiger partial charge in [0.2, 0.25) is 0 Å². The summed E-state index contributed by atoms with van der Waals surface area (Å²) in [6.07, 6.45) is 1.92. The Bertz CT molecular complexity index is 1280. The fraction of sp³-hybridized carbons (Fsp3) is 0.174. The van der Waals surface area contributed by atoms with Gasteiger partial charge in [0.25, 0.3) is 5.91 Å². The third kappa shape index (κ3) is 3.32. The van der Waals surface area contributed by atoms with Gasteiger partial charge in [-0.1, -0.05) is 0 Å². The van der Waals surface area contributed by atoms with Crippen molar-refractivity contribution in [1.29, 1.82) is 0 Å². The van der Waals surface area contributed by atoms with Crippen molar-refractivity contribution in [1.82, 2.24) is 20.5 Å². The number of nitrogens with zero attached hydrogens (tertiary/aromatic N) is 2. The van der Waals surface area contributed by atoms with Crippen molar-refractivity contribution >= 4 is 16.9 Å². The lowest BCUT2D eigenvalue weighted by atomic mass is 10.00. The number of rotatable bonds is 4. The fourth-order valence-corrected chi connectivity index (χ4v) is 3.46. The molecule has 1 saturated carbocycles. The van der Waals surface area contributed by atoms with E-state index < -0.39 is 5.82 Å². The smallest absolute Gasteiger partial charge is 0.251 e. The van der Waals surface area contributed by atoms with Gasteiger partial charge in [0.1, 0.15) is 11.6 Å². The van der Waals surface area contributed by atoms with Crippen LogP contribution < -0.4 is 5.32 Å². The molecule has 2 N–H and O–H groups in total. The number of nitrogens with one attached hydrogen (secondary N) is 2. The molecule has 0 atom stereocenters. The van der Waals surface area contributed by atoms with Crippen molar-refractivity contribution in [2.75, 3.05) is 0 Å². The normalized spacial score (nSPS) is 13.6. The Balaban J connectivity index is 1.55. The SMILES string of the molecule is Cc1c(F)cc(C(=O)NC2CC2)cc1-c1ccc2c(-c3ccc(F)cc3)[nH]nc2n1. The monoisotopic (exact) mass is 404 g/mol. The molecule has 30 heavy (non-hydrogen) atoms. The summed E-state index contributed by atoms with van der Waals surface area (Å²) in [5.74, 6) is -1.05. The quantitative estimate of drug-likeness (QED) is 0.515. The Hall–Kier alpha value is -3.61. The summed E-state index contributed by atoms with van der Waals surface area (Å²) in [4.78, 5) is 17.0. The molecule has 1 aliphatic carbocycles. The van der Waals surface area contributed by atoms with E-state index in [1.807, 2.05) is 6.07 Å². The molecule has 0 bridgehead atoms. The number of amides is 1. The van der Waals surface area contributed by atoms with Gasteiger partial charge in [0, 0.05) is 28.1 Å². The van der Waals surface area contributed by atoms with Gasteiger partial charge in [-0.2, -0.15) is 5.10 Å². The molecule has 0 unspecified atom stereocenters. The Labute approximate surface area is 171 Å². The van der Waals surface area contributed by atoms with E-state index in [1.165, 1.54) is 18.2 Å². The topological polar surface area (TPSA) is 70.7 Å². The highest BCUT2D eigenvalue weighted by Crippen LogP contribution is 2.31. The average Bonchev–Trinajstić information content (AvgIpc) is 3.46. The molecule has 150 valence electrons. The first-order valence-electron chi connectivity index (χ1n) is 9.72. The van der Waals surface area contributed by atoms with Gasteiger partial charge in [0.05, 0.1) is 11.4 Å². The van der Waals surface area contributed by atoms with Crippen molar-refractivity contribution < 1.29 is 13.6 Å². The van der Waals surface area contributed by atoms with Crippen molar-refractivity contribution in [2.45, 2.75) is 25.8 Å². The maximum Gasteiger partial charge on any atom is 0.251 e. The second kappa shape index (κ2) is 7.02. The number of carbonyl (C=O) groups is 1. The van der Waals surface area contributed by atoms with Crippen LogP contribution in [0.25, 0.3) is 33.5 Å². The Kier molecular flexibility index (Phi) is 4.31. The van der Waals surface area contributed by atoms with Crippen LogP contribution in [-0.4, -0.2) is 27.1 Å². The molecule has 7 heteroatoms. The summed E-state index contributed by atoms with van der Waals surface area (Å²) in [5.41, 5.74) is 3.73. The molecule has 0 radical (unpaired) electrons. The van der Waals surface area contributed by atoms with E-state index in [4.69, 9.17) is 0 Å². The molecule has 4 aromatic rings. The summed E-state index contributed by atoms with van der Waals surface area (Å²) in [6.45, 7) is 1.66. The lowest BCUT2D eigenvalue weighted by molar-refractivity contribution is 0.0950. The van der Waals surface area contributed by atoms with E-state index in [0.717, 1.165) is 29.5 Å². The minimum absolute atomic E-state index is 0.189. The van der Waals surface area contributed by atoms with E-state index in [0.29, 0.717) is 22.5 Å². The molecule has 2 aromatic carbocycles. The van der Waals surface area contributed by atoms with E-state index in [1.54, 1.807) is 31.2 Å². The van der Waals surface area contributed by atoms with Crippen molar-refractivity contribution in [2.24, 2.45) is 0 Å². The van der Waals surface area contributed by atoms with Gasteiger partial charge in [-0.3, -0.25) is 9.89 Å². The third-order valence-electron chi connectivity index (χ3n) is 5.35. The van der Waals surface area contributed by atoms with E-state index in [2.05, 4.69) is 20.5 Å². The standard InChI is InChI=1S/C23H18F2N4O/c1-12-18(10-14(11-19(12)25)23(30)26-16-6-7-16)20-9-8-17-21(28-29-22(17)27-20)13-2-4-15(24)5-3-13/h2-5,8-11,16H,6-7H2,1H3,(H,26,30)(H,27,28,29). The highest BCUT2D eigenvalue weighted by atomic mass is 19.1. The molecule has 1 aliphatic rings. The first-order chi connectivity index (χ1) is 14.5. The van der Waals surface area contributed by atoms with Crippen LogP contribution in [0, 0.1) is 18.6 Å². The number of benzene rings is 2. The van der Waals surface area contributed by atoms with Crippen LogP contribution in [-0.2, 0) is 0 Å². The zero-order chi connectivity index (χ0) is 20.8. The number of carbonyl (C=O) groups excluding carboxylic acids is 1. The first-order valence-corrected chi connectivity index (χ1v) is 9.72. The molecule has 5 nitrogen and oxygen atoms in total. The lowest BCUT2D eigenvalue weighted by Crippen LogP contribution is -2.25. The number of hydrogen-bond donors (Lipinski definition) is 2. The minimum Gasteiger partial charge on any atom is -0.349 e. The molecule has 1 fully saturated rings. The van der Waals surface area contributed by atoms with Crippen LogP contribution in [0.3, 0.4) is 0 Å². The van der Waals surface area contributed by atoms with Gasteiger partial charge in [-0.05, 0) is 73.9 Å². The number of hydrogen-bond acceptors (Lipinski definition) is 3. The number of halogens is 2. The number of aromatic amines is 1. The maximum atomic E-state index is 14.6. The van der Waals surface area contributed by atoms with E-state index in [9.17, 15) is 13.6 Å². The highest BCUT2D eigenvalue weighted by molar-refractivity contribution is 5.96. The van der Waals surface area contributed by atoms with E-state index in [-0.39, 0.29) is 23.3 Å². The Morgan fingerprint density at radius 2 is 1.87 bits per heavy atom. The number of aromatic nitrogens is 3. The van der Waals surface area contributed by atoms with Crippen molar-refractivity contribution in [3.8, 4) is 22.5 Å². The summed E-state index contributed by atoms with van der Waals surface area (Å²) >= 11 is 0. The zero-order valence-electron chi connectivity index (χ0n) is 16.2. The summed E-state index contributed by atoms with van der Waals surface area (Å²) in [5, 5.41) is 10.8. The van der Waals surface area contributed by atoms with Gasteiger partial charge >= 0.3 is 0 Å².